The summed E-state index contributed by atoms with van der Waals surface area (Å²) < 4.78 is 0. The normalized spacial score (nSPS) is 22.9. The van der Waals surface area contributed by atoms with Gasteiger partial charge < -0.3 is 14.9 Å². The fourth-order valence-corrected chi connectivity index (χ4v) is 1.83. The first kappa shape index (κ1) is 11.0. The Bertz CT molecular complexity index is 235. The molecule has 0 aromatic rings. The van der Waals surface area contributed by atoms with Gasteiger partial charge in [0.1, 0.15) is 0 Å². The summed E-state index contributed by atoms with van der Waals surface area (Å²) in [4.78, 5) is 16.2. The van der Waals surface area contributed by atoms with Crippen molar-refractivity contribution in [3.05, 3.63) is 11.4 Å². The first-order valence-corrected chi connectivity index (χ1v) is 5.02. The minimum absolute atomic E-state index is 0.198. The van der Waals surface area contributed by atoms with Gasteiger partial charge in [0.05, 0.1) is 5.92 Å². The van der Waals surface area contributed by atoms with Crippen LogP contribution in [-0.2, 0) is 4.79 Å². The van der Waals surface area contributed by atoms with Crippen LogP contribution in [0.5, 0.6) is 0 Å². The number of carbonyl (C=O) groups is 1. The maximum atomic E-state index is 10.8. The molecule has 1 aliphatic rings. The lowest BCUT2D eigenvalue weighted by molar-refractivity contribution is -0.143. The van der Waals surface area contributed by atoms with E-state index in [0.717, 1.165) is 32.4 Å². The van der Waals surface area contributed by atoms with E-state index < -0.39 is 5.97 Å². The Morgan fingerprint density at radius 2 is 2.43 bits per heavy atom. The van der Waals surface area contributed by atoms with Crippen LogP contribution in [0.25, 0.3) is 4.85 Å². The first-order valence-electron chi connectivity index (χ1n) is 5.02. The van der Waals surface area contributed by atoms with E-state index in [0.29, 0.717) is 13.1 Å². The van der Waals surface area contributed by atoms with Crippen molar-refractivity contribution < 1.29 is 9.90 Å². The van der Waals surface area contributed by atoms with Crippen molar-refractivity contribution in [2.45, 2.75) is 19.3 Å². The number of likely N-dealkylation sites (tertiary alicyclic amines) is 1. The van der Waals surface area contributed by atoms with Gasteiger partial charge in [-0.1, -0.05) is 0 Å². The van der Waals surface area contributed by atoms with Crippen molar-refractivity contribution >= 4 is 5.97 Å². The number of nitrogens with zero attached hydrogens (tertiary/aromatic N) is 2. The SMILES string of the molecule is [C-]#[N+]CCCN1CCCC(C(=O)O)C1. The Morgan fingerprint density at radius 3 is 3.07 bits per heavy atom. The Balaban J connectivity index is 2.26. The maximum absolute atomic E-state index is 10.8. The number of carboxylic acids is 1. The molecule has 0 spiro atoms. The van der Waals surface area contributed by atoms with Crippen LogP contribution in [0.3, 0.4) is 0 Å². The van der Waals surface area contributed by atoms with Crippen LogP contribution in [-0.4, -0.2) is 42.2 Å². The minimum atomic E-state index is -0.681. The molecule has 4 heteroatoms. The number of hydrogen-bond acceptors (Lipinski definition) is 2. The molecule has 4 nitrogen and oxygen atoms in total. The molecule has 14 heavy (non-hydrogen) atoms. The molecule has 0 aromatic heterocycles. The van der Waals surface area contributed by atoms with E-state index in [9.17, 15) is 4.79 Å². The Labute approximate surface area is 84.3 Å². The van der Waals surface area contributed by atoms with Crippen molar-refractivity contribution in [1.82, 2.24) is 4.90 Å². The number of piperidine rings is 1. The molecule has 78 valence electrons. The van der Waals surface area contributed by atoms with E-state index in [4.69, 9.17) is 11.7 Å². The van der Waals surface area contributed by atoms with E-state index in [2.05, 4.69) is 9.74 Å². The molecule has 0 aliphatic carbocycles. The summed E-state index contributed by atoms with van der Waals surface area (Å²) in [6, 6.07) is 0. The number of carboxylic acid groups (broad SMARTS) is 1. The lowest BCUT2D eigenvalue weighted by Gasteiger charge is -2.29. The molecule has 1 heterocycles. The summed E-state index contributed by atoms with van der Waals surface area (Å²) in [6.45, 7) is 9.71. The molecule has 0 aromatic carbocycles. The van der Waals surface area contributed by atoms with Crippen LogP contribution in [0, 0.1) is 12.5 Å². The van der Waals surface area contributed by atoms with E-state index in [1.807, 2.05) is 0 Å². The average Bonchev–Trinajstić information content (AvgIpc) is 2.19. The van der Waals surface area contributed by atoms with Gasteiger partial charge in [0, 0.05) is 19.5 Å². The van der Waals surface area contributed by atoms with Gasteiger partial charge >= 0.3 is 5.97 Å². The highest BCUT2D eigenvalue weighted by atomic mass is 16.4. The third kappa shape index (κ3) is 3.35. The second kappa shape index (κ2) is 5.61. The van der Waals surface area contributed by atoms with Gasteiger partial charge in [-0.05, 0) is 19.4 Å². The summed E-state index contributed by atoms with van der Waals surface area (Å²) in [7, 11) is 0. The molecule has 0 saturated carbocycles. The monoisotopic (exact) mass is 196 g/mol. The predicted octanol–water partition coefficient (Wildman–Crippen LogP) is 1.09. The van der Waals surface area contributed by atoms with Gasteiger partial charge in [-0.3, -0.25) is 4.79 Å². The lowest BCUT2D eigenvalue weighted by atomic mass is 9.98. The third-order valence-electron chi connectivity index (χ3n) is 2.60. The van der Waals surface area contributed by atoms with Crippen LogP contribution >= 0.6 is 0 Å². The quantitative estimate of drug-likeness (QED) is 0.541. The van der Waals surface area contributed by atoms with Crippen LogP contribution < -0.4 is 0 Å². The van der Waals surface area contributed by atoms with E-state index >= 15 is 0 Å². The second-order valence-electron chi connectivity index (χ2n) is 3.71. The topological polar surface area (TPSA) is 44.9 Å². The zero-order valence-electron chi connectivity index (χ0n) is 8.28. The van der Waals surface area contributed by atoms with Gasteiger partial charge in [0.2, 0.25) is 6.54 Å². The van der Waals surface area contributed by atoms with Crippen LogP contribution in [0.1, 0.15) is 19.3 Å². The number of rotatable bonds is 4. The van der Waals surface area contributed by atoms with Crippen molar-refractivity contribution in [2.24, 2.45) is 5.92 Å². The maximum Gasteiger partial charge on any atom is 0.307 e. The predicted molar refractivity (Wildman–Crippen MR) is 52.9 cm³/mol. The van der Waals surface area contributed by atoms with Crippen molar-refractivity contribution in [3.63, 3.8) is 0 Å². The van der Waals surface area contributed by atoms with Crippen LogP contribution in [0.4, 0.5) is 0 Å². The summed E-state index contributed by atoms with van der Waals surface area (Å²) in [6.07, 6.45) is 2.62. The molecule has 0 amide bonds. The summed E-state index contributed by atoms with van der Waals surface area (Å²) in [5.74, 6) is -0.878. The molecule has 0 bridgehead atoms. The molecule has 1 aliphatic heterocycles. The molecular formula is C10H16N2O2. The van der Waals surface area contributed by atoms with Gasteiger partial charge in [-0.2, -0.15) is 0 Å². The largest absolute Gasteiger partial charge is 0.481 e. The molecule has 0 radical (unpaired) electrons. The van der Waals surface area contributed by atoms with Crippen LogP contribution in [0.15, 0.2) is 0 Å². The van der Waals surface area contributed by atoms with Crippen LogP contribution in [0.2, 0.25) is 0 Å². The van der Waals surface area contributed by atoms with Crippen molar-refractivity contribution in [2.75, 3.05) is 26.2 Å². The van der Waals surface area contributed by atoms with E-state index in [1.54, 1.807) is 0 Å². The van der Waals surface area contributed by atoms with Gasteiger partial charge in [0.25, 0.3) is 0 Å². The summed E-state index contributed by atoms with van der Waals surface area (Å²) in [5.41, 5.74) is 0. The third-order valence-corrected chi connectivity index (χ3v) is 2.60. The molecule has 1 rings (SSSR count). The Morgan fingerprint density at radius 1 is 1.64 bits per heavy atom. The van der Waals surface area contributed by atoms with Gasteiger partial charge in [-0.15, -0.1) is 0 Å². The highest BCUT2D eigenvalue weighted by Crippen LogP contribution is 2.16. The van der Waals surface area contributed by atoms with Gasteiger partial charge in [0.15, 0.2) is 0 Å². The molecule has 1 N–H and O–H groups in total. The fourth-order valence-electron chi connectivity index (χ4n) is 1.83. The zero-order chi connectivity index (χ0) is 10.4. The zero-order valence-corrected chi connectivity index (χ0v) is 8.28. The Hall–Kier alpha value is -1.08. The lowest BCUT2D eigenvalue weighted by Crippen LogP contribution is -2.39. The minimum Gasteiger partial charge on any atom is -0.481 e. The molecule has 1 fully saturated rings. The van der Waals surface area contributed by atoms with E-state index in [-0.39, 0.29) is 5.92 Å². The highest BCUT2D eigenvalue weighted by molar-refractivity contribution is 5.70. The standard InChI is InChI=1S/C10H16N2O2/c1-11-5-3-7-12-6-2-4-9(8-12)10(13)14/h9H,2-8H2,(H,13,14). The summed E-state index contributed by atoms with van der Waals surface area (Å²) >= 11 is 0. The fraction of sp³-hybridized carbons (Fsp3) is 0.800. The van der Waals surface area contributed by atoms with Crippen molar-refractivity contribution in [1.29, 1.82) is 0 Å². The van der Waals surface area contributed by atoms with Gasteiger partial charge in [-0.25, -0.2) is 6.57 Å². The smallest absolute Gasteiger partial charge is 0.307 e. The van der Waals surface area contributed by atoms with Crippen molar-refractivity contribution in [3.8, 4) is 0 Å². The molecule has 1 unspecified atom stereocenters. The van der Waals surface area contributed by atoms with E-state index in [1.165, 1.54) is 0 Å². The Kier molecular flexibility index (Phi) is 4.41. The highest BCUT2D eigenvalue weighted by Gasteiger charge is 2.24. The number of aliphatic carboxylic acids is 1. The first-order chi connectivity index (χ1) is 6.74. The second-order valence-corrected chi connectivity index (χ2v) is 3.71. The summed E-state index contributed by atoms with van der Waals surface area (Å²) in [5, 5.41) is 8.85. The molecule has 1 saturated heterocycles. The number of hydrogen-bond donors (Lipinski definition) is 1. The molecule has 1 atom stereocenters. The average molecular weight is 196 g/mol. The molecular weight excluding hydrogens is 180 g/mol.